The number of benzene rings is 1. The highest BCUT2D eigenvalue weighted by atomic mass is 32.2. The number of aryl methyl sites for hydroxylation is 1. The molecular weight excluding hydrogens is 279 g/mol. The van der Waals surface area contributed by atoms with E-state index in [9.17, 15) is 4.39 Å². The summed E-state index contributed by atoms with van der Waals surface area (Å²) in [6.07, 6.45) is 0. The summed E-state index contributed by atoms with van der Waals surface area (Å²) in [4.78, 5) is 5.18. The van der Waals surface area contributed by atoms with Crippen LogP contribution in [-0.2, 0) is 11.3 Å². The van der Waals surface area contributed by atoms with Gasteiger partial charge in [-0.25, -0.2) is 9.37 Å². The maximum absolute atomic E-state index is 13.4. The molecule has 0 aliphatic carbocycles. The zero-order valence-electron chi connectivity index (χ0n) is 11.4. The molecule has 1 aromatic heterocycles. The van der Waals surface area contributed by atoms with Crippen LogP contribution in [0.5, 0.6) is 0 Å². The molecule has 0 atom stereocenters. The van der Waals surface area contributed by atoms with Crippen molar-refractivity contribution in [2.24, 2.45) is 0 Å². The fraction of sp³-hybridized carbons (Fsp3) is 0.385. The lowest BCUT2D eigenvalue weighted by Crippen LogP contribution is -2.19. The summed E-state index contributed by atoms with van der Waals surface area (Å²) in [6.45, 7) is 3.76. The van der Waals surface area contributed by atoms with Crippen LogP contribution in [-0.4, -0.2) is 35.4 Å². The van der Waals surface area contributed by atoms with Crippen molar-refractivity contribution in [1.29, 1.82) is 0 Å². The highest BCUT2D eigenvalue weighted by Gasteiger charge is 2.09. The average Bonchev–Trinajstić information content (AvgIpc) is 2.83. The van der Waals surface area contributed by atoms with Gasteiger partial charge < -0.3 is 10.1 Å². The van der Waals surface area contributed by atoms with Crippen molar-refractivity contribution >= 4 is 11.8 Å². The van der Waals surface area contributed by atoms with Crippen molar-refractivity contribution in [2.75, 3.05) is 20.3 Å². The first kappa shape index (κ1) is 15.0. The lowest BCUT2D eigenvalue weighted by atomic mass is 10.2. The zero-order valence-corrected chi connectivity index (χ0v) is 12.3. The van der Waals surface area contributed by atoms with Crippen LogP contribution < -0.4 is 5.32 Å². The van der Waals surface area contributed by atoms with E-state index in [2.05, 4.69) is 20.5 Å². The van der Waals surface area contributed by atoms with Gasteiger partial charge in [0.05, 0.1) is 6.61 Å². The van der Waals surface area contributed by atoms with E-state index in [-0.39, 0.29) is 5.82 Å². The smallest absolute Gasteiger partial charge is 0.213 e. The number of ether oxygens (including phenoxy) is 1. The van der Waals surface area contributed by atoms with Crippen LogP contribution in [0.2, 0.25) is 0 Å². The lowest BCUT2D eigenvalue weighted by Gasteiger charge is -2.09. The molecule has 2 N–H and O–H groups in total. The summed E-state index contributed by atoms with van der Waals surface area (Å²) < 4.78 is 18.3. The Morgan fingerprint density at radius 1 is 1.45 bits per heavy atom. The first-order valence-corrected chi connectivity index (χ1v) is 7.05. The maximum Gasteiger partial charge on any atom is 0.213 e. The Bertz CT molecular complexity index is 561. The third-order valence-electron chi connectivity index (χ3n) is 2.60. The second kappa shape index (κ2) is 7.37. The molecule has 20 heavy (non-hydrogen) atoms. The first-order chi connectivity index (χ1) is 9.69. The van der Waals surface area contributed by atoms with E-state index >= 15 is 0 Å². The van der Waals surface area contributed by atoms with Gasteiger partial charge in [-0.1, -0.05) is 0 Å². The number of nitrogens with zero attached hydrogens (tertiary/aromatic N) is 2. The highest BCUT2D eigenvalue weighted by Crippen LogP contribution is 2.28. The Labute approximate surface area is 121 Å². The van der Waals surface area contributed by atoms with Gasteiger partial charge in [-0.05, 0) is 42.4 Å². The fourth-order valence-corrected chi connectivity index (χ4v) is 2.52. The van der Waals surface area contributed by atoms with Crippen LogP contribution in [0.15, 0.2) is 28.3 Å². The molecule has 2 rings (SSSR count). The standard InChI is InChI=1S/C13H17FN4OS/c1-9-16-13(18-17-9)20-12-4-3-11(14)7-10(12)8-15-5-6-19-2/h3-4,7,15H,5-6,8H2,1-2H3,(H,16,17,18). The number of methoxy groups -OCH3 is 1. The number of H-pyrrole nitrogens is 1. The number of rotatable bonds is 7. The second-order valence-electron chi connectivity index (χ2n) is 4.23. The van der Waals surface area contributed by atoms with Crippen LogP contribution in [0.3, 0.4) is 0 Å². The fourth-order valence-electron chi connectivity index (χ4n) is 1.65. The Hall–Kier alpha value is -1.44. The molecule has 108 valence electrons. The number of aromatic amines is 1. The van der Waals surface area contributed by atoms with E-state index in [1.165, 1.54) is 23.9 Å². The van der Waals surface area contributed by atoms with Gasteiger partial charge in [-0.3, -0.25) is 5.10 Å². The molecule has 1 aromatic carbocycles. The molecule has 0 spiro atoms. The predicted molar refractivity (Wildman–Crippen MR) is 75.2 cm³/mol. The SMILES string of the molecule is COCCNCc1cc(F)ccc1Sc1n[nH]c(C)n1. The van der Waals surface area contributed by atoms with Crippen molar-refractivity contribution in [3.05, 3.63) is 35.4 Å². The van der Waals surface area contributed by atoms with E-state index in [1.54, 1.807) is 13.2 Å². The second-order valence-corrected chi connectivity index (χ2v) is 5.24. The number of hydrogen-bond donors (Lipinski definition) is 2. The van der Waals surface area contributed by atoms with E-state index < -0.39 is 0 Å². The molecule has 0 aliphatic rings. The largest absolute Gasteiger partial charge is 0.383 e. The summed E-state index contributed by atoms with van der Waals surface area (Å²) in [5.74, 6) is 0.512. The topological polar surface area (TPSA) is 62.8 Å². The number of nitrogens with one attached hydrogen (secondary N) is 2. The molecule has 0 amide bonds. The minimum atomic E-state index is -0.246. The van der Waals surface area contributed by atoms with Crippen molar-refractivity contribution in [3.8, 4) is 0 Å². The molecule has 2 aromatic rings. The van der Waals surface area contributed by atoms with Crippen LogP contribution in [0.4, 0.5) is 4.39 Å². The van der Waals surface area contributed by atoms with Crippen LogP contribution in [0.1, 0.15) is 11.4 Å². The van der Waals surface area contributed by atoms with E-state index in [0.29, 0.717) is 18.3 Å². The number of halogens is 1. The number of hydrogen-bond acceptors (Lipinski definition) is 5. The number of aromatic nitrogens is 3. The molecule has 0 unspecified atom stereocenters. The third-order valence-corrected chi connectivity index (χ3v) is 3.58. The summed E-state index contributed by atoms with van der Waals surface area (Å²) >= 11 is 1.42. The van der Waals surface area contributed by atoms with Crippen molar-refractivity contribution < 1.29 is 9.13 Å². The van der Waals surface area contributed by atoms with Gasteiger partial charge in [0.15, 0.2) is 0 Å². The molecule has 7 heteroatoms. The van der Waals surface area contributed by atoms with Crippen molar-refractivity contribution in [2.45, 2.75) is 23.5 Å². The molecule has 0 saturated carbocycles. The molecule has 1 heterocycles. The summed E-state index contributed by atoms with van der Waals surface area (Å²) in [5.41, 5.74) is 0.883. The van der Waals surface area contributed by atoms with Gasteiger partial charge >= 0.3 is 0 Å². The van der Waals surface area contributed by atoms with Crippen LogP contribution >= 0.6 is 11.8 Å². The molecule has 0 radical (unpaired) electrons. The van der Waals surface area contributed by atoms with Gasteiger partial charge in [0.1, 0.15) is 11.6 Å². The Kier molecular flexibility index (Phi) is 5.51. The van der Waals surface area contributed by atoms with Crippen LogP contribution in [0, 0.1) is 12.7 Å². The molecule has 0 aliphatic heterocycles. The molecule has 5 nitrogen and oxygen atoms in total. The summed E-state index contributed by atoms with van der Waals surface area (Å²) in [6, 6.07) is 4.72. The van der Waals surface area contributed by atoms with Gasteiger partial charge in [-0.15, -0.1) is 5.10 Å². The Morgan fingerprint density at radius 3 is 3.00 bits per heavy atom. The average molecular weight is 296 g/mol. The minimum Gasteiger partial charge on any atom is -0.383 e. The molecule has 0 fully saturated rings. The molecule has 0 saturated heterocycles. The maximum atomic E-state index is 13.4. The van der Waals surface area contributed by atoms with E-state index in [0.717, 1.165) is 22.8 Å². The summed E-state index contributed by atoms with van der Waals surface area (Å²) in [7, 11) is 1.65. The third kappa shape index (κ3) is 4.29. The Morgan fingerprint density at radius 2 is 2.30 bits per heavy atom. The molecule has 0 bridgehead atoms. The summed E-state index contributed by atoms with van der Waals surface area (Å²) in [5, 5.41) is 10.7. The first-order valence-electron chi connectivity index (χ1n) is 6.24. The van der Waals surface area contributed by atoms with Gasteiger partial charge in [0, 0.05) is 25.1 Å². The Balaban J connectivity index is 2.06. The van der Waals surface area contributed by atoms with Gasteiger partial charge in [0.25, 0.3) is 0 Å². The lowest BCUT2D eigenvalue weighted by molar-refractivity contribution is 0.199. The minimum absolute atomic E-state index is 0.246. The monoisotopic (exact) mass is 296 g/mol. The van der Waals surface area contributed by atoms with Crippen LogP contribution in [0.25, 0.3) is 0 Å². The normalized spacial score (nSPS) is 10.9. The zero-order chi connectivity index (χ0) is 14.4. The van der Waals surface area contributed by atoms with Gasteiger partial charge in [0.2, 0.25) is 5.16 Å². The van der Waals surface area contributed by atoms with Crippen molar-refractivity contribution in [3.63, 3.8) is 0 Å². The van der Waals surface area contributed by atoms with E-state index in [1.807, 2.05) is 6.92 Å². The quantitative estimate of drug-likeness (QED) is 0.767. The van der Waals surface area contributed by atoms with Crippen molar-refractivity contribution in [1.82, 2.24) is 20.5 Å². The molecular formula is C13H17FN4OS. The van der Waals surface area contributed by atoms with E-state index in [4.69, 9.17) is 4.74 Å². The predicted octanol–water partition coefficient (Wildman–Crippen LogP) is 2.14. The van der Waals surface area contributed by atoms with Gasteiger partial charge in [-0.2, -0.15) is 0 Å². The highest BCUT2D eigenvalue weighted by molar-refractivity contribution is 7.99.